The molecule has 2 rings (SSSR count). The van der Waals surface area contributed by atoms with Gasteiger partial charge in [0.25, 0.3) is 0 Å². The molecule has 0 aromatic carbocycles. The van der Waals surface area contributed by atoms with E-state index in [9.17, 15) is 5.11 Å². The van der Waals surface area contributed by atoms with Crippen LogP contribution in [-0.2, 0) is 0 Å². The van der Waals surface area contributed by atoms with Gasteiger partial charge in [0.15, 0.2) is 0 Å². The molecule has 17 heavy (non-hydrogen) atoms. The molecule has 1 heterocycles. The van der Waals surface area contributed by atoms with Crippen LogP contribution in [0.3, 0.4) is 0 Å². The Morgan fingerprint density at radius 1 is 1.29 bits per heavy atom. The van der Waals surface area contributed by atoms with Crippen LogP contribution >= 0.6 is 11.8 Å². The number of nitrogens with zero attached hydrogens (tertiary/aromatic N) is 1. The highest BCUT2D eigenvalue weighted by molar-refractivity contribution is 7.99. The van der Waals surface area contributed by atoms with Crippen LogP contribution in [0, 0.1) is 11.3 Å². The lowest BCUT2D eigenvalue weighted by Crippen LogP contribution is -2.46. The molecular formula is C14H27NOS. The summed E-state index contributed by atoms with van der Waals surface area (Å²) < 4.78 is 0. The van der Waals surface area contributed by atoms with Gasteiger partial charge in [0.1, 0.15) is 0 Å². The van der Waals surface area contributed by atoms with Crippen LogP contribution in [0.4, 0.5) is 0 Å². The predicted octanol–water partition coefficient (Wildman–Crippen LogP) is 2.61. The van der Waals surface area contributed by atoms with Gasteiger partial charge in [-0.05, 0) is 18.8 Å². The van der Waals surface area contributed by atoms with E-state index in [4.69, 9.17) is 0 Å². The maximum absolute atomic E-state index is 9.79. The Bertz CT molecular complexity index is 238. The normalized spacial score (nSPS) is 40.4. The third kappa shape index (κ3) is 3.62. The number of rotatable bonds is 3. The van der Waals surface area contributed by atoms with Crippen molar-refractivity contribution in [3.63, 3.8) is 0 Å². The van der Waals surface area contributed by atoms with E-state index in [-0.39, 0.29) is 5.41 Å². The summed E-state index contributed by atoms with van der Waals surface area (Å²) in [7, 11) is 0. The number of aliphatic hydroxyl groups excluding tert-OH is 1. The smallest absolute Gasteiger partial charge is 0.0499 e. The Balaban J connectivity index is 1.90. The van der Waals surface area contributed by atoms with Gasteiger partial charge in [0, 0.05) is 42.7 Å². The number of hydrogen-bond donors (Lipinski definition) is 1. The molecule has 1 atom stereocenters. The van der Waals surface area contributed by atoms with Crippen LogP contribution in [0.25, 0.3) is 0 Å². The molecule has 1 aliphatic carbocycles. The fourth-order valence-corrected chi connectivity index (χ4v) is 4.33. The zero-order chi connectivity index (χ0) is 12.3. The first kappa shape index (κ1) is 13.7. The van der Waals surface area contributed by atoms with Crippen molar-refractivity contribution in [3.05, 3.63) is 0 Å². The van der Waals surface area contributed by atoms with Gasteiger partial charge in [0.05, 0.1) is 0 Å². The molecule has 100 valence electrons. The molecule has 1 aliphatic heterocycles. The van der Waals surface area contributed by atoms with Crippen LogP contribution < -0.4 is 0 Å². The van der Waals surface area contributed by atoms with E-state index in [2.05, 4.69) is 30.5 Å². The minimum atomic E-state index is 0.217. The van der Waals surface area contributed by atoms with Crippen molar-refractivity contribution in [1.82, 2.24) is 4.90 Å². The van der Waals surface area contributed by atoms with Gasteiger partial charge in [-0.3, -0.25) is 0 Å². The Hall–Kier alpha value is 0.270. The quantitative estimate of drug-likeness (QED) is 0.841. The Morgan fingerprint density at radius 2 is 2.00 bits per heavy atom. The van der Waals surface area contributed by atoms with Gasteiger partial charge in [-0.1, -0.05) is 26.7 Å². The lowest BCUT2D eigenvalue weighted by molar-refractivity contribution is 0.0306. The van der Waals surface area contributed by atoms with Gasteiger partial charge in [-0.2, -0.15) is 11.8 Å². The summed E-state index contributed by atoms with van der Waals surface area (Å²) in [4.78, 5) is 2.59. The van der Waals surface area contributed by atoms with Gasteiger partial charge in [-0.25, -0.2) is 0 Å². The fraction of sp³-hybridized carbons (Fsp3) is 1.00. The third-order valence-electron chi connectivity index (χ3n) is 4.55. The molecule has 2 aliphatic rings. The SMILES string of the molecule is CC1CCC(CO)(CN2CCSC(C)C2)CC1. The van der Waals surface area contributed by atoms with E-state index in [0.717, 1.165) is 17.7 Å². The minimum absolute atomic E-state index is 0.217. The zero-order valence-corrected chi connectivity index (χ0v) is 12.1. The second kappa shape index (κ2) is 5.94. The highest BCUT2D eigenvalue weighted by atomic mass is 32.2. The van der Waals surface area contributed by atoms with E-state index in [1.165, 1.54) is 44.5 Å². The molecule has 0 amide bonds. The summed E-state index contributed by atoms with van der Waals surface area (Å²) in [6.45, 7) is 8.61. The number of hydrogen-bond acceptors (Lipinski definition) is 3. The van der Waals surface area contributed by atoms with Crippen LogP contribution in [-0.4, -0.2) is 47.3 Å². The highest BCUT2D eigenvalue weighted by Crippen LogP contribution is 2.39. The van der Waals surface area contributed by atoms with E-state index in [1.807, 2.05) is 0 Å². The van der Waals surface area contributed by atoms with E-state index in [0.29, 0.717) is 6.61 Å². The first-order chi connectivity index (χ1) is 8.13. The van der Waals surface area contributed by atoms with Crippen LogP contribution in [0.5, 0.6) is 0 Å². The average Bonchev–Trinajstić information content (AvgIpc) is 2.33. The summed E-state index contributed by atoms with van der Waals surface area (Å²) in [5.74, 6) is 2.13. The van der Waals surface area contributed by atoms with Crippen LogP contribution in [0.15, 0.2) is 0 Å². The maximum atomic E-state index is 9.79. The molecule has 0 radical (unpaired) electrons. The summed E-state index contributed by atoms with van der Waals surface area (Å²) >= 11 is 2.09. The van der Waals surface area contributed by atoms with Gasteiger partial charge < -0.3 is 10.0 Å². The molecule has 3 heteroatoms. The second-order valence-corrected chi connectivity index (χ2v) is 7.80. The Kier molecular flexibility index (Phi) is 4.79. The van der Waals surface area contributed by atoms with Crippen molar-refractivity contribution in [2.45, 2.75) is 44.8 Å². The van der Waals surface area contributed by atoms with E-state index < -0.39 is 0 Å². The van der Waals surface area contributed by atoms with Crippen molar-refractivity contribution in [3.8, 4) is 0 Å². The molecule has 1 N–H and O–H groups in total. The lowest BCUT2D eigenvalue weighted by Gasteiger charge is -2.43. The van der Waals surface area contributed by atoms with E-state index in [1.54, 1.807) is 0 Å². The topological polar surface area (TPSA) is 23.5 Å². The second-order valence-electron chi connectivity index (χ2n) is 6.26. The van der Waals surface area contributed by atoms with Crippen LogP contribution in [0.1, 0.15) is 39.5 Å². The van der Waals surface area contributed by atoms with Crippen molar-refractivity contribution in [1.29, 1.82) is 0 Å². The summed E-state index contributed by atoms with van der Waals surface area (Å²) in [6, 6.07) is 0. The lowest BCUT2D eigenvalue weighted by atomic mass is 9.71. The summed E-state index contributed by atoms with van der Waals surface area (Å²) in [6.07, 6.45) is 5.06. The molecule has 2 nitrogen and oxygen atoms in total. The summed E-state index contributed by atoms with van der Waals surface area (Å²) in [5, 5.41) is 10.6. The first-order valence-corrected chi connectivity index (χ1v) is 8.13. The van der Waals surface area contributed by atoms with Crippen molar-refractivity contribution >= 4 is 11.8 Å². The molecule has 1 saturated carbocycles. The number of thioether (sulfide) groups is 1. The Morgan fingerprint density at radius 3 is 2.59 bits per heavy atom. The van der Waals surface area contributed by atoms with E-state index >= 15 is 0 Å². The molecular weight excluding hydrogens is 230 g/mol. The summed E-state index contributed by atoms with van der Waals surface area (Å²) in [5.41, 5.74) is 0.217. The fourth-order valence-electron chi connectivity index (χ4n) is 3.25. The van der Waals surface area contributed by atoms with Crippen molar-refractivity contribution in [2.24, 2.45) is 11.3 Å². The third-order valence-corrected chi connectivity index (χ3v) is 5.69. The highest BCUT2D eigenvalue weighted by Gasteiger charge is 2.36. The minimum Gasteiger partial charge on any atom is -0.396 e. The van der Waals surface area contributed by atoms with Crippen LogP contribution in [0.2, 0.25) is 0 Å². The average molecular weight is 257 g/mol. The van der Waals surface area contributed by atoms with Gasteiger partial charge in [-0.15, -0.1) is 0 Å². The molecule has 0 aromatic heterocycles. The standard InChI is InChI=1S/C14H27NOS/c1-12-3-5-14(11-16,6-4-12)10-15-7-8-17-13(2)9-15/h12-13,16H,3-11H2,1-2H3. The molecule has 0 bridgehead atoms. The predicted molar refractivity (Wildman–Crippen MR) is 75.5 cm³/mol. The van der Waals surface area contributed by atoms with Crippen molar-refractivity contribution < 1.29 is 5.11 Å². The zero-order valence-electron chi connectivity index (χ0n) is 11.3. The maximum Gasteiger partial charge on any atom is 0.0499 e. The first-order valence-electron chi connectivity index (χ1n) is 7.08. The largest absolute Gasteiger partial charge is 0.396 e. The molecule has 0 aromatic rings. The molecule has 2 fully saturated rings. The van der Waals surface area contributed by atoms with Gasteiger partial charge in [0.2, 0.25) is 0 Å². The molecule has 1 unspecified atom stereocenters. The van der Waals surface area contributed by atoms with Crippen molar-refractivity contribution in [2.75, 3.05) is 32.0 Å². The van der Waals surface area contributed by atoms with Gasteiger partial charge >= 0.3 is 0 Å². The Labute approximate surface area is 110 Å². The molecule has 0 spiro atoms. The number of aliphatic hydroxyl groups is 1. The monoisotopic (exact) mass is 257 g/mol. The molecule has 1 saturated heterocycles.